The number of hydrogen-bond donors (Lipinski definition) is 2. The second-order valence-electron chi connectivity index (χ2n) is 13.5. The average molecular weight is 739 g/mol. The van der Waals surface area contributed by atoms with Crippen LogP contribution in [0.2, 0.25) is 0 Å². The number of imide groups is 1. The Hall–Kier alpha value is -4.28. The van der Waals surface area contributed by atoms with Gasteiger partial charge < -0.3 is 19.7 Å². The SMILES string of the molecule is CC(C)C(C(=O)C(F)(F)C(F)(F)F)N1C[C@H](OCc2ccccc2)C[C@H]1C(=O)NC(=O)[C@@H](NC(=O)c1ccc(C(=O)N2CCOCC2)cc1)C(C)C. The highest BCUT2D eigenvalue weighted by molar-refractivity contribution is 6.04. The molecule has 52 heavy (non-hydrogen) atoms. The summed E-state index contributed by atoms with van der Waals surface area (Å²) in [7, 11) is 0. The molecule has 0 spiro atoms. The number of nitrogens with one attached hydrogen (secondary N) is 2. The zero-order chi connectivity index (χ0) is 38.4. The van der Waals surface area contributed by atoms with Crippen LogP contribution in [-0.4, -0.2) is 108 Å². The predicted octanol–water partition coefficient (Wildman–Crippen LogP) is 4.01. The zero-order valence-electron chi connectivity index (χ0n) is 29.3. The first kappa shape index (κ1) is 40.5. The van der Waals surface area contributed by atoms with Crippen molar-refractivity contribution in [2.45, 2.75) is 77.1 Å². The van der Waals surface area contributed by atoms with Crippen LogP contribution in [0.15, 0.2) is 54.6 Å². The lowest BCUT2D eigenvalue weighted by Gasteiger charge is -2.36. The molecule has 2 aliphatic rings. The fraction of sp³-hybridized carbons (Fsp3) is 0.528. The summed E-state index contributed by atoms with van der Waals surface area (Å²) in [6.07, 6.45) is -7.28. The van der Waals surface area contributed by atoms with Crippen molar-refractivity contribution in [3.05, 3.63) is 71.3 Å². The fourth-order valence-corrected chi connectivity index (χ4v) is 6.21. The minimum Gasteiger partial charge on any atom is -0.378 e. The van der Waals surface area contributed by atoms with Gasteiger partial charge in [-0.25, -0.2) is 0 Å². The Kier molecular flexibility index (Phi) is 13.3. The van der Waals surface area contributed by atoms with E-state index in [0.717, 1.165) is 10.5 Å². The van der Waals surface area contributed by atoms with Crippen molar-refractivity contribution in [1.29, 1.82) is 0 Å². The van der Waals surface area contributed by atoms with E-state index in [-0.39, 0.29) is 31.0 Å². The van der Waals surface area contributed by atoms with Gasteiger partial charge >= 0.3 is 12.1 Å². The van der Waals surface area contributed by atoms with E-state index >= 15 is 0 Å². The van der Waals surface area contributed by atoms with E-state index in [1.54, 1.807) is 49.1 Å². The summed E-state index contributed by atoms with van der Waals surface area (Å²) in [6, 6.07) is 9.68. The van der Waals surface area contributed by atoms with E-state index in [1.165, 1.54) is 38.1 Å². The lowest BCUT2D eigenvalue weighted by molar-refractivity contribution is -0.271. The van der Waals surface area contributed by atoms with Crippen LogP contribution in [0.25, 0.3) is 0 Å². The van der Waals surface area contributed by atoms with E-state index in [0.29, 0.717) is 31.9 Å². The van der Waals surface area contributed by atoms with Crippen molar-refractivity contribution < 1.29 is 55.4 Å². The van der Waals surface area contributed by atoms with Crippen molar-refractivity contribution in [2.75, 3.05) is 32.8 Å². The minimum atomic E-state index is -6.17. The second kappa shape index (κ2) is 17.0. The smallest absolute Gasteiger partial charge is 0.378 e. The summed E-state index contributed by atoms with van der Waals surface area (Å²) in [5.74, 6) is -12.7. The Bertz CT molecular complexity index is 1580. The van der Waals surface area contributed by atoms with E-state index in [9.17, 15) is 45.9 Å². The van der Waals surface area contributed by atoms with Gasteiger partial charge in [0, 0.05) is 30.8 Å². The van der Waals surface area contributed by atoms with Crippen molar-refractivity contribution in [2.24, 2.45) is 11.8 Å². The van der Waals surface area contributed by atoms with E-state index in [1.807, 2.05) is 0 Å². The van der Waals surface area contributed by atoms with Crippen LogP contribution in [0.1, 0.15) is 60.4 Å². The molecule has 4 rings (SSSR count). The van der Waals surface area contributed by atoms with Crippen LogP contribution < -0.4 is 10.6 Å². The summed E-state index contributed by atoms with van der Waals surface area (Å²) in [5, 5.41) is 4.74. The Morgan fingerprint density at radius 3 is 2.02 bits per heavy atom. The molecule has 0 aromatic heterocycles. The number of halogens is 5. The molecule has 4 atom stereocenters. The third kappa shape index (κ3) is 9.58. The first-order valence-corrected chi connectivity index (χ1v) is 16.9. The summed E-state index contributed by atoms with van der Waals surface area (Å²) in [4.78, 5) is 68.6. The van der Waals surface area contributed by atoms with Gasteiger partial charge in [0.15, 0.2) is 0 Å². The number of Topliss-reactive ketones (excluding diaryl/α,β-unsaturated/α-hetero) is 1. The molecular weight excluding hydrogens is 695 g/mol. The van der Waals surface area contributed by atoms with Crippen LogP contribution in [0.4, 0.5) is 22.0 Å². The Morgan fingerprint density at radius 2 is 1.46 bits per heavy atom. The maximum atomic E-state index is 14.4. The topological polar surface area (TPSA) is 134 Å². The molecule has 2 aromatic carbocycles. The van der Waals surface area contributed by atoms with Crippen LogP contribution in [-0.2, 0) is 30.5 Å². The van der Waals surface area contributed by atoms with Gasteiger partial charge in [-0.15, -0.1) is 0 Å². The largest absolute Gasteiger partial charge is 0.461 e. The maximum absolute atomic E-state index is 14.4. The molecule has 0 bridgehead atoms. The van der Waals surface area contributed by atoms with Gasteiger partial charge in [0.25, 0.3) is 11.8 Å². The van der Waals surface area contributed by atoms with Gasteiger partial charge in [-0.3, -0.25) is 34.2 Å². The molecule has 4 amide bonds. The number of rotatable bonds is 13. The first-order valence-electron chi connectivity index (χ1n) is 16.9. The lowest BCUT2D eigenvalue weighted by Crippen LogP contribution is -2.60. The number of benzene rings is 2. The van der Waals surface area contributed by atoms with Gasteiger partial charge in [-0.2, -0.15) is 22.0 Å². The van der Waals surface area contributed by atoms with Crippen LogP contribution >= 0.6 is 0 Å². The van der Waals surface area contributed by atoms with Crippen molar-refractivity contribution in [3.63, 3.8) is 0 Å². The molecule has 16 heteroatoms. The standard InChI is InChI=1S/C36H43F5N4O7/c1-21(2)28(42-31(47)24-10-12-25(13-11-24)34(50)44-14-16-51-17-15-44)33(49)43-32(48)27-18-26(52-20-23-8-6-5-7-9-23)19-45(27)29(22(3)4)30(46)35(37,38)36(39,40)41/h5-13,21-22,26-29H,14-20H2,1-4H3,(H,42,47)(H,43,48,49)/t26-,27+,28+,29?/m1/s1. The summed E-state index contributed by atoms with van der Waals surface area (Å²) in [6.45, 7) is 7.12. The normalized spacial score (nSPS) is 19.7. The molecule has 11 nitrogen and oxygen atoms in total. The highest BCUT2D eigenvalue weighted by Gasteiger charge is 2.66. The highest BCUT2D eigenvalue weighted by Crippen LogP contribution is 2.40. The molecule has 0 aliphatic carbocycles. The zero-order valence-corrected chi connectivity index (χ0v) is 29.3. The van der Waals surface area contributed by atoms with Gasteiger partial charge in [0.1, 0.15) is 6.04 Å². The molecule has 284 valence electrons. The van der Waals surface area contributed by atoms with E-state index in [2.05, 4.69) is 10.6 Å². The van der Waals surface area contributed by atoms with Crippen molar-refractivity contribution in [3.8, 4) is 0 Å². The second-order valence-corrected chi connectivity index (χ2v) is 13.5. The number of ketones is 1. The molecule has 2 saturated heterocycles. The molecule has 0 saturated carbocycles. The number of morpholine rings is 1. The van der Waals surface area contributed by atoms with Gasteiger partial charge in [-0.1, -0.05) is 58.0 Å². The summed E-state index contributed by atoms with van der Waals surface area (Å²) in [5.41, 5.74) is 1.19. The van der Waals surface area contributed by atoms with Crippen LogP contribution in [0, 0.1) is 11.8 Å². The van der Waals surface area contributed by atoms with Gasteiger partial charge in [0.2, 0.25) is 17.6 Å². The number of carbonyl (C=O) groups excluding carboxylic acids is 5. The first-order chi connectivity index (χ1) is 24.4. The third-order valence-electron chi connectivity index (χ3n) is 9.03. The Balaban J connectivity index is 1.51. The minimum absolute atomic E-state index is 0.0232. The average Bonchev–Trinajstić information content (AvgIpc) is 3.53. The maximum Gasteiger partial charge on any atom is 0.461 e. The molecular formula is C36H43F5N4O7. The molecule has 2 heterocycles. The highest BCUT2D eigenvalue weighted by atomic mass is 19.4. The van der Waals surface area contributed by atoms with Gasteiger partial charge in [-0.05, 0) is 48.1 Å². The van der Waals surface area contributed by atoms with Crippen molar-refractivity contribution in [1.82, 2.24) is 20.4 Å². The molecule has 2 aliphatic heterocycles. The summed E-state index contributed by atoms with van der Waals surface area (Å²) < 4.78 is 80.1. The van der Waals surface area contributed by atoms with Crippen molar-refractivity contribution >= 4 is 29.4 Å². The van der Waals surface area contributed by atoms with Gasteiger partial charge in [0.05, 0.1) is 38.0 Å². The number of alkyl halides is 5. The van der Waals surface area contributed by atoms with Crippen LogP contribution in [0.3, 0.4) is 0 Å². The number of ether oxygens (including phenoxy) is 2. The third-order valence-corrected chi connectivity index (χ3v) is 9.03. The quantitative estimate of drug-likeness (QED) is 0.295. The number of hydrogen-bond acceptors (Lipinski definition) is 8. The number of likely N-dealkylation sites (tertiary alicyclic amines) is 1. The van der Waals surface area contributed by atoms with E-state index in [4.69, 9.17) is 9.47 Å². The fourth-order valence-electron chi connectivity index (χ4n) is 6.21. The van der Waals surface area contributed by atoms with E-state index < -0.39 is 71.7 Å². The lowest BCUT2D eigenvalue weighted by atomic mass is 9.93. The summed E-state index contributed by atoms with van der Waals surface area (Å²) >= 11 is 0. The number of carbonyl (C=O) groups is 5. The number of nitrogens with zero attached hydrogens (tertiary/aromatic N) is 2. The number of amides is 4. The Morgan fingerprint density at radius 1 is 0.865 bits per heavy atom. The molecule has 1 unspecified atom stereocenters. The predicted molar refractivity (Wildman–Crippen MR) is 177 cm³/mol. The molecule has 2 aromatic rings. The molecule has 2 fully saturated rings. The molecule has 2 N–H and O–H groups in total. The molecule has 0 radical (unpaired) electrons. The van der Waals surface area contributed by atoms with Crippen LogP contribution in [0.5, 0.6) is 0 Å². The Labute approximate surface area is 298 Å². The monoisotopic (exact) mass is 738 g/mol.